The molecule has 0 bridgehead atoms. The van der Waals surface area contributed by atoms with Crippen LogP contribution in [0.25, 0.3) is 32.6 Å². The highest BCUT2D eigenvalue weighted by Crippen LogP contribution is 2.37. The first-order chi connectivity index (χ1) is 15.2. The SMILES string of the molecule is O=C(Nc1ccccc1)c1cc2c(-c3ccc(O)cc3)cc(-c3ccccc3)nc2s1. The molecule has 0 radical (unpaired) electrons. The number of aromatic nitrogens is 1. The Hall–Kier alpha value is -3.96. The van der Waals surface area contributed by atoms with E-state index in [-0.39, 0.29) is 11.7 Å². The Bertz CT molecular complexity index is 1360. The topological polar surface area (TPSA) is 62.2 Å². The van der Waals surface area contributed by atoms with Gasteiger partial charge in [0.05, 0.1) is 10.6 Å². The van der Waals surface area contributed by atoms with Crippen molar-refractivity contribution in [2.45, 2.75) is 0 Å². The van der Waals surface area contributed by atoms with E-state index in [0.29, 0.717) is 4.88 Å². The van der Waals surface area contributed by atoms with Crippen molar-refractivity contribution >= 4 is 33.1 Å². The van der Waals surface area contributed by atoms with Crippen LogP contribution < -0.4 is 5.32 Å². The molecule has 2 N–H and O–H groups in total. The second kappa shape index (κ2) is 8.05. The number of para-hydroxylation sites is 1. The van der Waals surface area contributed by atoms with E-state index in [9.17, 15) is 9.90 Å². The van der Waals surface area contributed by atoms with Gasteiger partial charge < -0.3 is 10.4 Å². The number of benzene rings is 3. The summed E-state index contributed by atoms with van der Waals surface area (Å²) in [4.78, 5) is 19.1. The van der Waals surface area contributed by atoms with Crippen molar-refractivity contribution in [3.8, 4) is 28.1 Å². The maximum atomic E-state index is 12.9. The molecule has 150 valence electrons. The standard InChI is InChI=1S/C26H18N2O2S/c29-20-13-11-17(12-14-20)21-15-23(18-7-3-1-4-8-18)28-26-22(21)16-24(31-26)25(30)27-19-9-5-2-6-10-19/h1-16,29H,(H,27,30). The quantitative estimate of drug-likeness (QED) is 0.343. The van der Waals surface area contributed by atoms with Gasteiger partial charge in [-0.05, 0) is 47.5 Å². The van der Waals surface area contributed by atoms with Crippen LogP contribution in [0, 0.1) is 0 Å². The lowest BCUT2D eigenvalue weighted by Gasteiger charge is -2.08. The summed E-state index contributed by atoms with van der Waals surface area (Å²) >= 11 is 1.37. The first kappa shape index (κ1) is 19.0. The number of amides is 1. The van der Waals surface area contributed by atoms with Crippen molar-refractivity contribution in [1.29, 1.82) is 0 Å². The maximum absolute atomic E-state index is 12.9. The van der Waals surface area contributed by atoms with Crippen molar-refractivity contribution in [3.63, 3.8) is 0 Å². The van der Waals surface area contributed by atoms with Crippen LogP contribution in [-0.2, 0) is 0 Å². The van der Waals surface area contributed by atoms with E-state index in [2.05, 4.69) is 5.32 Å². The molecule has 4 nitrogen and oxygen atoms in total. The third-order valence-corrected chi connectivity index (χ3v) is 6.04. The van der Waals surface area contributed by atoms with E-state index >= 15 is 0 Å². The number of aromatic hydroxyl groups is 1. The van der Waals surface area contributed by atoms with Gasteiger partial charge in [0.1, 0.15) is 10.6 Å². The Labute approximate surface area is 183 Å². The molecule has 0 aliphatic heterocycles. The molecule has 0 aliphatic rings. The van der Waals surface area contributed by atoms with E-state index in [1.54, 1.807) is 12.1 Å². The van der Waals surface area contributed by atoms with Crippen LogP contribution in [0.4, 0.5) is 5.69 Å². The lowest BCUT2D eigenvalue weighted by molar-refractivity contribution is 0.103. The van der Waals surface area contributed by atoms with Gasteiger partial charge in [0.15, 0.2) is 0 Å². The average molecular weight is 423 g/mol. The first-order valence-corrected chi connectivity index (χ1v) is 10.6. The van der Waals surface area contributed by atoms with E-state index in [1.807, 2.05) is 84.9 Å². The number of nitrogens with one attached hydrogen (secondary N) is 1. The van der Waals surface area contributed by atoms with Gasteiger partial charge in [0, 0.05) is 16.6 Å². The van der Waals surface area contributed by atoms with E-state index in [1.165, 1.54) is 11.3 Å². The van der Waals surface area contributed by atoms with Crippen LogP contribution in [0.3, 0.4) is 0 Å². The number of fused-ring (bicyclic) bond motifs is 1. The molecule has 3 aromatic carbocycles. The Morgan fingerprint density at radius 3 is 2.19 bits per heavy atom. The molecule has 1 amide bonds. The number of rotatable bonds is 4. The summed E-state index contributed by atoms with van der Waals surface area (Å²) in [6.07, 6.45) is 0. The van der Waals surface area contributed by atoms with Crippen molar-refractivity contribution in [2.24, 2.45) is 0 Å². The van der Waals surface area contributed by atoms with Gasteiger partial charge in [-0.1, -0.05) is 60.7 Å². The van der Waals surface area contributed by atoms with Crippen molar-refractivity contribution in [3.05, 3.63) is 102 Å². The molecule has 5 rings (SSSR count). The molecule has 5 aromatic rings. The smallest absolute Gasteiger partial charge is 0.265 e. The highest BCUT2D eigenvalue weighted by Gasteiger charge is 2.16. The first-order valence-electron chi connectivity index (χ1n) is 9.83. The van der Waals surface area contributed by atoms with Crippen molar-refractivity contribution in [2.75, 3.05) is 5.32 Å². The number of phenolic OH excluding ortho intramolecular Hbond substituents is 1. The van der Waals surface area contributed by atoms with Crippen LogP contribution in [0.2, 0.25) is 0 Å². The van der Waals surface area contributed by atoms with Crippen LogP contribution in [0.1, 0.15) is 9.67 Å². The van der Waals surface area contributed by atoms with Gasteiger partial charge in [0.25, 0.3) is 5.91 Å². The minimum atomic E-state index is -0.160. The minimum Gasteiger partial charge on any atom is -0.508 e. The third kappa shape index (κ3) is 3.91. The van der Waals surface area contributed by atoms with Crippen LogP contribution in [0.15, 0.2) is 97.1 Å². The lowest BCUT2D eigenvalue weighted by Crippen LogP contribution is -2.09. The summed E-state index contributed by atoms with van der Waals surface area (Å²) < 4.78 is 0. The summed E-state index contributed by atoms with van der Waals surface area (Å²) in [7, 11) is 0. The zero-order valence-electron chi connectivity index (χ0n) is 16.4. The van der Waals surface area contributed by atoms with Gasteiger partial charge >= 0.3 is 0 Å². The summed E-state index contributed by atoms with van der Waals surface area (Å²) in [5.74, 6) is 0.0534. The molecule has 0 saturated carbocycles. The predicted octanol–water partition coefficient (Wildman–Crippen LogP) is 6.59. The summed E-state index contributed by atoms with van der Waals surface area (Å²) in [6, 6.07) is 30.4. The fourth-order valence-electron chi connectivity index (χ4n) is 3.48. The molecular weight excluding hydrogens is 404 g/mol. The number of nitrogens with zero attached hydrogens (tertiary/aromatic N) is 1. The molecule has 0 unspecified atom stereocenters. The van der Waals surface area contributed by atoms with Gasteiger partial charge in [-0.3, -0.25) is 4.79 Å². The Morgan fingerprint density at radius 2 is 1.48 bits per heavy atom. The zero-order valence-corrected chi connectivity index (χ0v) is 17.3. The number of phenols is 1. The van der Waals surface area contributed by atoms with E-state index in [0.717, 1.165) is 38.3 Å². The van der Waals surface area contributed by atoms with Crippen LogP contribution in [0.5, 0.6) is 5.75 Å². The van der Waals surface area contributed by atoms with Gasteiger partial charge in [-0.15, -0.1) is 11.3 Å². The second-order valence-corrected chi connectivity index (χ2v) is 8.15. The Balaban J connectivity index is 1.64. The fourth-order valence-corrected chi connectivity index (χ4v) is 4.43. The number of carbonyl (C=O) groups is 1. The molecule has 0 fully saturated rings. The van der Waals surface area contributed by atoms with E-state index < -0.39 is 0 Å². The number of hydrogen-bond acceptors (Lipinski definition) is 4. The summed E-state index contributed by atoms with van der Waals surface area (Å²) in [5.41, 5.74) is 4.52. The lowest BCUT2D eigenvalue weighted by atomic mass is 10.0. The molecule has 2 aromatic heterocycles. The molecule has 31 heavy (non-hydrogen) atoms. The Morgan fingerprint density at radius 1 is 0.806 bits per heavy atom. The molecule has 0 saturated heterocycles. The average Bonchev–Trinajstić information content (AvgIpc) is 3.25. The van der Waals surface area contributed by atoms with Crippen LogP contribution >= 0.6 is 11.3 Å². The summed E-state index contributed by atoms with van der Waals surface area (Å²) in [6.45, 7) is 0. The minimum absolute atomic E-state index is 0.160. The maximum Gasteiger partial charge on any atom is 0.265 e. The summed E-state index contributed by atoms with van der Waals surface area (Å²) in [5, 5.41) is 13.6. The molecule has 2 heterocycles. The number of hydrogen-bond donors (Lipinski definition) is 2. The normalized spacial score (nSPS) is 10.8. The molecule has 0 atom stereocenters. The van der Waals surface area contributed by atoms with Crippen molar-refractivity contribution in [1.82, 2.24) is 4.98 Å². The molecule has 5 heteroatoms. The molecule has 0 aliphatic carbocycles. The fraction of sp³-hybridized carbons (Fsp3) is 0. The Kier molecular flexibility index (Phi) is 4.94. The third-order valence-electron chi connectivity index (χ3n) is 5.01. The highest BCUT2D eigenvalue weighted by atomic mass is 32.1. The van der Waals surface area contributed by atoms with Crippen LogP contribution in [-0.4, -0.2) is 16.0 Å². The molecular formula is C26H18N2O2S. The van der Waals surface area contributed by atoms with Gasteiger partial charge in [-0.2, -0.15) is 0 Å². The number of anilines is 1. The van der Waals surface area contributed by atoms with Crippen molar-refractivity contribution < 1.29 is 9.90 Å². The number of carbonyl (C=O) groups excluding carboxylic acids is 1. The number of thiophene rings is 1. The number of pyridine rings is 1. The second-order valence-electron chi connectivity index (χ2n) is 7.12. The molecule has 0 spiro atoms. The largest absolute Gasteiger partial charge is 0.508 e. The predicted molar refractivity (Wildman–Crippen MR) is 127 cm³/mol. The van der Waals surface area contributed by atoms with E-state index in [4.69, 9.17) is 4.98 Å². The highest BCUT2D eigenvalue weighted by molar-refractivity contribution is 7.20. The van der Waals surface area contributed by atoms with Gasteiger partial charge in [-0.25, -0.2) is 4.98 Å². The zero-order chi connectivity index (χ0) is 21.2. The monoisotopic (exact) mass is 422 g/mol. The van der Waals surface area contributed by atoms with Gasteiger partial charge in [0.2, 0.25) is 0 Å².